The van der Waals surface area contributed by atoms with Crippen LogP contribution in [0.15, 0.2) is 59.7 Å². The minimum absolute atomic E-state index is 0.286. The third kappa shape index (κ3) is 2.47. The van der Waals surface area contributed by atoms with Crippen LogP contribution >= 0.6 is 0 Å². The Morgan fingerprint density at radius 3 is 2.55 bits per heavy atom. The molecule has 4 nitrogen and oxygen atoms in total. The molecule has 20 heavy (non-hydrogen) atoms. The van der Waals surface area contributed by atoms with Gasteiger partial charge in [-0.25, -0.2) is 9.37 Å². The number of H-pyrrole nitrogens is 1. The first-order chi connectivity index (χ1) is 9.72. The molecule has 0 aliphatic carbocycles. The molecule has 0 aliphatic heterocycles. The van der Waals surface area contributed by atoms with Crippen LogP contribution in [0.1, 0.15) is 0 Å². The third-order valence-corrected chi connectivity index (χ3v) is 2.82. The zero-order valence-corrected chi connectivity index (χ0v) is 10.4. The second-order valence-corrected chi connectivity index (χ2v) is 4.23. The van der Waals surface area contributed by atoms with Crippen LogP contribution in [0.5, 0.6) is 0 Å². The van der Waals surface area contributed by atoms with E-state index in [9.17, 15) is 9.18 Å². The predicted molar refractivity (Wildman–Crippen MR) is 73.5 cm³/mol. The average molecular weight is 267 g/mol. The second-order valence-electron chi connectivity index (χ2n) is 4.23. The van der Waals surface area contributed by atoms with Crippen molar-refractivity contribution in [3.8, 4) is 22.6 Å². The summed E-state index contributed by atoms with van der Waals surface area (Å²) in [5.41, 5.74) is 1.54. The summed E-state index contributed by atoms with van der Waals surface area (Å²) < 4.78 is 13.2. The van der Waals surface area contributed by atoms with Gasteiger partial charge in [-0.1, -0.05) is 12.1 Å². The van der Waals surface area contributed by atoms with Gasteiger partial charge in [0.25, 0.3) is 5.56 Å². The molecule has 0 amide bonds. The molecule has 3 aromatic rings. The lowest BCUT2D eigenvalue weighted by Gasteiger charge is -2.04. The van der Waals surface area contributed by atoms with E-state index >= 15 is 0 Å². The summed E-state index contributed by atoms with van der Waals surface area (Å²) in [7, 11) is 0. The number of hydrogen-bond acceptors (Lipinski definition) is 3. The zero-order valence-electron chi connectivity index (χ0n) is 10.4. The molecule has 0 fully saturated rings. The van der Waals surface area contributed by atoms with Crippen molar-refractivity contribution in [2.75, 3.05) is 0 Å². The lowest BCUT2D eigenvalue weighted by molar-refractivity contribution is 0.628. The summed E-state index contributed by atoms with van der Waals surface area (Å²) in [6, 6.07) is 10.9. The Morgan fingerprint density at radius 1 is 1.00 bits per heavy atom. The van der Waals surface area contributed by atoms with Crippen molar-refractivity contribution in [2.45, 2.75) is 0 Å². The summed E-state index contributed by atoms with van der Waals surface area (Å²) in [6.45, 7) is 0. The fourth-order valence-corrected chi connectivity index (χ4v) is 1.90. The predicted octanol–water partition coefficient (Wildman–Crippen LogP) is 2.64. The monoisotopic (exact) mass is 267 g/mol. The molecule has 0 spiro atoms. The summed E-state index contributed by atoms with van der Waals surface area (Å²) in [6.07, 6.45) is 3.25. The SMILES string of the molecule is O=c1cc(-c2ccncc2)nc(-c2cccc(F)c2)[nH]1. The molecule has 0 saturated heterocycles. The van der Waals surface area contributed by atoms with Crippen molar-refractivity contribution in [3.63, 3.8) is 0 Å². The molecule has 98 valence electrons. The molecule has 2 heterocycles. The Labute approximate surface area is 114 Å². The maximum Gasteiger partial charge on any atom is 0.251 e. The number of benzene rings is 1. The number of halogens is 1. The molecule has 0 aliphatic rings. The quantitative estimate of drug-likeness (QED) is 0.776. The summed E-state index contributed by atoms with van der Waals surface area (Å²) in [4.78, 5) is 22.6. The lowest BCUT2D eigenvalue weighted by atomic mass is 10.1. The van der Waals surface area contributed by atoms with E-state index in [-0.39, 0.29) is 11.4 Å². The Kier molecular flexibility index (Phi) is 3.09. The van der Waals surface area contributed by atoms with Crippen LogP contribution < -0.4 is 5.56 Å². The summed E-state index contributed by atoms with van der Waals surface area (Å²) >= 11 is 0. The largest absolute Gasteiger partial charge is 0.306 e. The Hall–Kier alpha value is -2.82. The van der Waals surface area contributed by atoms with E-state index in [1.54, 1.807) is 36.7 Å². The normalized spacial score (nSPS) is 10.4. The van der Waals surface area contributed by atoms with E-state index in [0.717, 1.165) is 5.56 Å². The van der Waals surface area contributed by atoms with Crippen LogP contribution in [0, 0.1) is 5.82 Å². The highest BCUT2D eigenvalue weighted by molar-refractivity contribution is 5.62. The molecule has 0 radical (unpaired) electrons. The molecular weight excluding hydrogens is 257 g/mol. The van der Waals surface area contributed by atoms with E-state index in [4.69, 9.17) is 0 Å². The zero-order chi connectivity index (χ0) is 13.9. The van der Waals surface area contributed by atoms with Gasteiger partial charge < -0.3 is 4.98 Å². The van der Waals surface area contributed by atoms with E-state index in [1.807, 2.05) is 0 Å². The molecule has 1 N–H and O–H groups in total. The Bertz CT molecular complexity index is 799. The molecule has 0 saturated carbocycles. The van der Waals surface area contributed by atoms with Gasteiger partial charge in [0, 0.05) is 29.6 Å². The number of nitrogens with one attached hydrogen (secondary N) is 1. The molecular formula is C15H10FN3O. The first-order valence-corrected chi connectivity index (χ1v) is 6.00. The molecule has 0 atom stereocenters. The van der Waals surface area contributed by atoms with Crippen LogP contribution in [-0.2, 0) is 0 Å². The highest BCUT2D eigenvalue weighted by Crippen LogP contribution is 2.19. The first-order valence-electron chi connectivity index (χ1n) is 6.00. The fourth-order valence-electron chi connectivity index (χ4n) is 1.90. The number of aromatic nitrogens is 3. The van der Waals surface area contributed by atoms with Gasteiger partial charge in [-0.2, -0.15) is 0 Å². The number of pyridine rings is 1. The molecule has 3 rings (SSSR count). The Balaban J connectivity index is 2.15. The smallest absolute Gasteiger partial charge is 0.251 e. The molecule has 2 aromatic heterocycles. The number of aromatic amines is 1. The summed E-state index contributed by atoms with van der Waals surface area (Å²) in [5, 5.41) is 0. The van der Waals surface area contributed by atoms with E-state index in [1.165, 1.54) is 18.2 Å². The third-order valence-electron chi connectivity index (χ3n) is 2.82. The maximum atomic E-state index is 13.2. The second kappa shape index (κ2) is 5.05. The lowest BCUT2D eigenvalue weighted by Crippen LogP contribution is -2.08. The van der Waals surface area contributed by atoms with Crippen molar-refractivity contribution in [1.82, 2.24) is 15.0 Å². The van der Waals surface area contributed by atoms with E-state index in [0.29, 0.717) is 17.1 Å². The van der Waals surface area contributed by atoms with Crippen LogP contribution in [0.3, 0.4) is 0 Å². The van der Waals surface area contributed by atoms with E-state index < -0.39 is 0 Å². The van der Waals surface area contributed by atoms with Crippen molar-refractivity contribution in [3.05, 3.63) is 71.0 Å². The van der Waals surface area contributed by atoms with Crippen molar-refractivity contribution in [1.29, 1.82) is 0 Å². The number of hydrogen-bond donors (Lipinski definition) is 1. The van der Waals surface area contributed by atoms with Gasteiger partial charge in [0.05, 0.1) is 5.69 Å². The maximum absolute atomic E-state index is 13.2. The fraction of sp³-hybridized carbons (Fsp3) is 0. The Morgan fingerprint density at radius 2 is 1.80 bits per heavy atom. The van der Waals surface area contributed by atoms with Gasteiger partial charge in [-0.3, -0.25) is 9.78 Å². The molecule has 0 unspecified atom stereocenters. The standard InChI is InChI=1S/C15H10FN3O/c16-12-3-1-2-11(8-12)15-18-13(9-14(20)19-15)10-4-6-17-7-5-10/h1-9H,(H,18,19,20). The van der Waals surface area contributed by atoms with Crippen LogP contribution in [-0.4, -0.2) is 15.0 Å². The van der Waals surface area contributed by atoms with Gasteiger partial charge in [0.2, 0.25) is 0 Å². The first kappa shape index (κ1) is 12.2. The summed E-state index contributed by atoms with van der Waals surface area (Å²) in [5.74, 6) is -0.0386. The van der Waals surface area contributed by atoms with Gasteiger partial charge in [-0.15, -0.1) is 0 Å². The number of rotatable bonds is 2. The van der Waals surface area contributed by atoms with Gasteiger partial charge in [-0.05, 0) is 24.3 Å². The number of nitrogens with zero attached hydrogens (tertiary/aromatic N) is 2. The topological polar surface area (TPSA) is 58.6 Å². The minimum atomic E-state index is -0.375. The molecule has 0 bridgehead atoms. The van der Waals surface area contributed by atoms with Crippen LogP contribution in [0.25, 0.3) is 22.6 Å². The van der Waals surface area contributed by atoms with Crippen molar-refractivity contribution in [2.24, 2.45) is 0 Å². The highest BCUT2D eigenvalue weighted by Gasteiger charge is 2.06. The average Bonchev–Trinajstić information content (AvgIpc) is 2.47. The van der Waals surface area contributed by atoms with E-state index in [2.05, 4.69) is 15.0 Å². The van der Waals surface area contributed by atoms with Crippen molar-refractivity contribution >= 4 is 0 Å². The van der Waals surface area contributed by atoms with Crippen LogP contribution in [0.4, 0.5) is 4.39 Å². The minimum Gasteiger partial charge on any atom is -0.306 e. The molecule has 1 aromatic carbocycles. The van der Waals surface area contributed by atoms with Crippen LogP contribution in [0.2, 0.25) is 0 Å². The van der Waals surface area contributed by atoms with Gasteiger partial charge >= 0.3 is 0 Å². The molecule has 5 heteroatoms. The highest BCUT2D eigenvalue weighted by atomic mass is 19.1. The van der Waals surface area contributed by atoms with Gasteiger partial charge in [0.15, 0.2) is 0 Å². The van der Waals surface area contributed by atoms with Crippen molar-refractivity contribution < 1.29 is 4.39 Å². The van der Waals surface area contributed by atoms with Gasteiger partial charge in [0.1, 0.15) is 11.6 Å².